The zero-order valence-electron chi connectivity index (χ0n) is 7.31. The maximum absolute atomic E-state index is 5.85. The first kappa shape index (κ1) is 7.54. The summed E-state index contributed by atoms with van der Waals surface area (Å²) in [5.41, 5.74) is 8.60. The van der Waals surface area contributed by atoms with Crippen LogP contribution in [0, 0.1) is 0 Å². The normalized spacial score (nSPS) is 27.9. The summed E-state index contributed by atoms with van der Waals surface area (Å²) in [6.45, 7) is 0. The van der Waals surface area contributed by atoms with Gasteiger partial charge in [-0.2, -0.15) is 0 Å². The SMILES string of the molecule is N[C@@H]1C[C@H]1[s+]1ccc2cccc-2c1. The highest BCUT2D eigenvalue weighted by atomic mass is 32.2. The van der Waals surface area contributed by atoms with Gasteiger partial charge in [0.25, 0.3) is 0 Å². The highest BCUT2D eigenvalue weighted by Gasteiger charge is 2.43. The average molecular weight is 190 g/mol. The van der Waals surface area contributed by atoms with Crippen LogP contribution in [0.3, 0.4) is 0 Å². The van der Waals surface area contributed by atoms with E-state index >= 15 is 0 Å². The predicted molar refractivity (Wildman–Crippen MR) is 57.2 cm³/mol. The van der Waals surface area contributed by atoms with Gasteiger partial charge < -0.3 is 5.73 Å². The molecule has 1 nitrogen and oxygen atoms in total. The van der Waals surface area contributed by atoms with E-state index in [0.717, 1.165) is 5.25 Å². The molecule has 1 unspecified atom stereocenters. The molecule has 0 amide bonds. The van der Waals surface area contributed by atoms with E-state index in [0.29, 0.717) is 16.5 Å². The minimum absolute atomic E-state index is 0.314. The smallest absolute Gasteiger partial charge is 0.154 e. The molecular weight excluding hydrogens is 178 g/mol. The zero-order valence-corrected chi connectivity index (χ0v) is 8.13. The number of fused-ring (bicyclic) bond motifs is 1. The Hall–Kier alpha value is -0.860. The fourth-order valence-electron chi connectivity index (χ4n) is 1.74. The molecule has 3 rings (SSSR count). The third-order valence-corrected chi connectivity index (χ3v) is 4.90. The molecule has 1 heterocycles. The largest absolute Gasteiger partial charge is 0.323 e. The van der Waals surface area contributed by atoms with Gasteiger partial charge in [0.05, 0.1) is 6.04 Å². The molecule has 0 radical (unpaired) electrons. The summed E-state index contributed by atoms with van der Waals surface area (Å²) in [5, 5.41) is 5.44. The summed E-state index contributed by atoms with van der Waals surface area (Å²) in [6, 6.07) is 9.16. The van der Waals surface area contributed by atoms with E-state index < -0.39 is 0 Å². The molecule has 2 aliphatic carbocycles. The molecule has 0 aromatic carbocycles. The topological polar surface area (TPSA) is 26.0 Å². The molecule has 2 heteroatoms. The van der Waals surface area contributed by atoms with Gasteiger partial charge in [-0.1, -0.05) is 12.1 Å². The Morgan fingerprint density at radius 1 is 1.23 bits per heavy atom. The van der Waals surface area contributed by atoms with Crippen LogP contribution in [0.5, 0.6) is 0 Å². The molecule has 0 aromatic heterocycles. The van der Waals surface area contributed by atoms with E-state index in [1.54, 1.807) is 0 Å². The molecule has 1 aliphatic heterocycles. The highest BCUT2D eigenvalue weighted by molar-refractivity contribution is 7.29. The number of nitrogens with two attached hydrogens (primary N) is 1. The van der Waals surface area contributed by atoms with Crippen molar-refractivity contribution in [2.75, 3.05) is 0 Å². The van der Waals surface area contributed by atoms with Gasteiger partial charge in [0.2, 0.25) is 0 Å². The Bertz CT molecular complexity index is 407. The summed E-state index contributed by atoms with van der Waals surface area (Å²) < 4.78 is 0. The summed E-state index contributed by atoms with van der Waals surface area (Å²) in [5.74, 6) is 0. The van der Waals surface area contributed by atoms with Gasteiger partial charge in [-0.05, 0) is 28.2 Å². The van der Waals surface area contributed by atoms with E-state index in [-0.39, 0.29) is 0 Å². The monoisotopic (exact) mass is 190 g/mol. The van der Waals surface area contributed by atoms with Gasteiger partial charge in [0, 0.05) is 12.0 Å². The molecule has 0 saturated heterocycles. The summed E-state index contributed by atoms with van der Waals surface area (Å²) in [7, 11) is 0.314. The van der Waals surface area contributed by atoms with Crippen molar-refractivity contribution in [3.05, 3.63) is 35.0 Å². The fourth-order valence-corrected chi connectivity index (χ4v) is 3.85. The van der Waals surface area contributed by atoms with Crippen LogP contribution in [-0.4, -0.2) is 6.04 Å². The van der Waals surface area contributed by atoms with E-state index in [1.807, 2.05) is 0 Å². The van der Waals surface area contributed by atoms with Gasteiger partial charge in [-0.25, -0.2) is 0 Å². The lowest BCUT2D eigenvalue weighted by molar-refractivity contribution is 1.06. The minimum Gasteiger partial charge on any atom is -0.323 e. The van der Waals surface area contributed by atoms with Crippen molar-refractivity contribution in [3.8, 4) is 11.1 Å². The molecule has 1 fully saturated rings. The first-order chi connectivity index (χ1) is 6.34. The summed E-state index contributed by atoms with van der Waals surface area (Å²) in [4.78, 5) is 0. The number of hydrogen-bond acceptors (Lipinski definition) is 1. The lowest BCUT2D eigenvalue weighted by atomic mass is 10.2. The van der Waals surface area contributed by atoms with Crippen molar-refractivity contribution in [3.63, 3.8) is 0 Å². The van der Waals surface area contributed by atoms with Crippen LogP contribution in [0.4, 0.5) is 0 Å². The molecule has 0 bridgehead atoms. The lowest BCUT2D eigenvalue weighted by Gasteiger charge is -1.95. The maximum atomic E-state index is 5.85. The number of rotatable bonds is 1. The highest BCUT2D eigenvalue weighted by Crippen LogP contribution is 2.49. The average Bonchev–Trinajstić information content (AvgIpc) is 2.70. The second-order valence-corrected chi connectivity index (χ2v) is 5.63. The van der Waals surface area contributed by atoms with Crippen LogP contribution < -0.4 is 5.73 Å². The standard InChI is InChI=1S/C11H12NS/c12-10-6-11(10)13-5-4-8-2-1-3-9(8)7-13/h1-5,7,10-11H,6,12H2/q+1/t10-,11-,13?/m1/s1. The molecule has 0 aromatic rings. The van der Waals surface area contributed by atoms with E-state index in [1.165, 1.54) is 17.5 Å². The molecule has 13 heavy (non-hydrogen) atoms. The Labute approximate surface area is 80.5 Å². The van der Waals surface area contributed by atoms with Gasteiger partial charge >= 0.3 is 0 Å². The first-order valence-corrected chi connectivity index (χ1v) is 6.01. The van der Waals surface area contributed by atoms with Crippen LogP contribution in [0.15, 0.2) is 35.0 Å². The predicted octanol–water partition coefficient (Wildman–Crippen LogP) is 2.81. The van der Waals surface area contributed by atoms with Crippen molar-refractivity contribution in [1.82, 2.24) is 0 Å². The van der Waals surface area contributed by atoms with E-state index in [4.69, 9.17) is 5.73 Å². The Kier molecular flexibility index (Phi) is 1.49. The molecule has 3 atom stereocenters. The van der Waals surface area contributed by atoms with Crippen LogP contribution >= 0.6 is 10.5 Å². The molecule has 0 spiro atoms. The van der Waals surface area contributed by atoms with Gasteiger partial charge in [0.15, 0.2) is 5.25 Å². The Morgan fingerprint density at radius 3 is 2.77 bits per heavy atom. The van der Waals surface area contributed by atoms with Crippen LogP contribution in [0.25, 0.3) is 11.1 Å². The van der Waals surface area contributed by atoms with E-state index in [2.05, 4.69) is 35.0 Å². The lowest BCUT2D eigenvalue weighted by Crippen LogP contribution is -1.98. The van der Waals surface area contributed by atoms with Crippen LogP contribution in [0.2, 0.25) is 0 Å². The fraction of sp³-hybridized carbons (Fsp3) is 0.273. The Balaban J connectivity index is 2.07. The second-order valence-electron chi connectivity index (χ2n) is 3.70. The van der Waals surface area contributed by atoms with Crippen molar-refractivity contribution in [2.45, 2.75) is 17.7 Å². The summed E-state index contributed by atoms with van der Waals surface area (Å²) >= 11 is 0. The van der Waals surface area contributed by atoms with Crippen LogP contribution in [-0.2, 0) is 0 Å². The zero-order chi connectivity index (χ0) is 8.84. The molecule has 3 aliphatic rings. The van der Waals surface area contributed by atoms with Crippen LogP contribution in [0.1, 0.15) is 11.7 Å². The van der Waals surface area contributed by atoms with E-state index in [9.17, 15) is 0 Å². The molecule has 66 valence electrons. The quantitative estimate of drug-likeness (QED) is 0.687. The number of hydrogen-bond donors (Lipinski definition) is 1. The molecule has 1 saturated carbocycles. The Morgan fingerprint density at radius 2 is 2.00 bits per heavy atom. The van der Waals surface area contributed by atoms with Crippen molar-refractivity contribution in [1.29, 1.82) is 0 Å². The van der Waals surface area contributed by atoms with Crippen molar-refractivity contribution in [2.24, 2.45) is 5.73 Å². The van der Waals surface area contributed by atoms with Gasteiger partial charge in [-0.3, -0.25) is 0 Å². The van der Waals surface area contributed by atoms with Crippen molar-refractivity contribution < 1.29 is 0 Å². The van der Waals surface area contributed by atoms with Gasteiger partial charge in [0.1, 0.15) is 10.8 Å². The minimum atomic E-state index is 0.314. The third kappa shape index (κ3) is 1.18. The molecular formula is C11H12NS+. The maximum Gasteiger partial charge on any atom is 0.154 e. The van der Waals surface area contributed by atoms with Gasteiger partial charge in [-0.15, -0.1) is 0 Å². The third-order valence-electron chi connectivity index (χ3n) is 2.68. The molecule has 2 N–H and O–H groups in total. The second kappa shape index (κ2) is 2.56. The van der Waals surface area contributed by atoms with Crippen molar-refractivity contribution >= 4 is 10.5 Å². The summed E-state index contributed by atoms with van der Waals surface area (Å²) in [6.07, 6.45) is 1.21. The first-order valence-electron chi connectivity index (χ1n) is 4.59.